The van der Waals surface area contributed by atoms with Crippen LogP contribution >= 0.6 is 11.3 Å². The van der Waals surface area contributed by atoms with Crippen LogP contribution in [0.15, 0.2) is 17.6 Å². The van der Waals surface area contributed by atoms with Gasteiger partial charge in [0.2, 0.25) is 5.91 Å². The second-order valence-electron chi connectivity index (χ2n) is 8.27. The van der Waals surface area contributed by atoms with Crippen molar-refractivity contribution in [1.82, 2.24) is 10.3 Å². The number of fused-ring (bicyclic) bond motifs is 1. The van der Waals surface area contributed by atoms with Crippen LogP contribution < -0.4 is 15.5 Å². The van der Waals surface area contributed by atoms with Crippen molar-refractivity contribution in [2.24, 2.45) is 5.92 Å². The van der Waals surface area contributed by atoms with Gasteiger partial charge in [-0.2, -0.15) is 0 Å². The average Bonchev–Trinajstić information content (AvgIpc) is 3.28. The van der Waals surface area contributed by atoms with Crippen LogP contribution in [0, 0.1) is 5.92 Å². The Labute approximate surface area is 171 Å². The number of nitrogens with zero attached hydrogens (tertiary/aromatic N) is 1. The normalized spacial score (nSPS) is 18.9. The number of rotatable bonds is 8. The van der Waals surface area contributed by atoms with Crippen LogP contribution in [0.4, 0.5) is 0 Å². The third-order valence-electron chi connectivity index (χ3n) is 5.86. The fraction of sp³-hybridized carbons (Fsp3) is 0.600. The Morgan fingerprint density at radius 3 is 2.68 bits per heavy atom. The molecule has 28 heavy (non-hydrogen) atoms. The number of nitrogens with one attached hydrogen (secondary N) is 1. The lowest BCUT2D eigenvalue weighted by molar-refractivity contribution is -0.119. The summed E-state index contributed by atoms with van der Waals surface area (Å²) in [7, 11) is 3.42. The van der Waals surface area contributed by atoms with Crippen LogP contribution in [0.5, 0.6) is 5.75 Å². The first-order valence-corrected chi connectivity index (χ1v) is 10.4. The van der Waals surface area contributed by atoms with Crippen molar-refractivity contribution in [1.29, 1.82) is 0 Å². The molecular formula is C20H28BN2O4S. The summed E-state index contributed by atoms with van der Waals surface area (Å²) < 4.78 is 18.9. The van der Waals surface area contributed by atoms with Crippen molar-refractivity contribution >= 4 is 40.4 Å². The van der Waals surface area contributed by atoms with Gasteiger partial charge in [-0.3, -0.25) is 4.79 Å². The molecular weight excluding hydrogens is 375 g/mol. The van der Waals surface area contributed by atoms with E-state index in [1.165, 1.54) is 0 Å². The van der Waals surface area contributed by atoms with Crippen LogP contribution in [-0.2, 0) is 14.2 Å². The summed E-state index contributed by atoms with van der Waals surface area (Å²) >= 11 is 1.55. The predicted molar refractivity (Wildman–Crippen MR) is 112 cm³/mol. The summed E-state index contributed by atoms with van der Waals surface area (Å²) in [6, 6.07) is 3.96. The van der Waals surface area contributed by atoms with Gasteiger partial charge in [-0.1, -0.05) is 0 Å². The maximum absolute atomic E-state index is 11.5. The van der Waals surface area contributed by atoms with Crippen LogP contribution in [0.1, 0.15) is 41.0 Å². The van der Waals surface area contributed by atoms with E-state index >= 15 is 0 Å². The molecule has 1 aliphatic heterocycles. The number of thiazole rings is 1. The molecule has 0 saturated carbocycles. The van der Waals surface area contributed by atoms with E-state index in [1.54, 1.807) is 25.9 Å². The molecule has 0 unspecified atom stereocenters. The molecule has 2 atom stereocenters. The van der Waals surface area contributed by atoms with Crippen molar-refractivity contribution in [3.8, 4) is 5.75 Å². The van der Waals surface area contributed by atoms with E-state index in [0.29, 0.717) is 13.0 Å². The smallest absolute Gasteiger partial charge is 0.331 e. The zero-order chi connectivity index (χ0) is 20.5. The van der Waals surface area contributed by atoms with E-state index < -0.39 is 11.2 Å². The minimum Gasteiger partial charge on any atom is -0.489 e. The minimum absolute atomic E-state index is 0.0794. The Balaban J connectivity index is 1.78. The number of benzene rings is 1. The van der Waals surface area contributed by atoms with Crippen LogP contribution in [0.2, 0.25) is 0 Å². The molecule has 1 aromatic heterocycles. The van der Waals surface area contributed by atoms with Gasteiger partial charge in [0.15, 0.2) is 0 Å². The zero-order valence-corrected chi connectivity index (χ0v) is 18.2. The van der Waals surface area contributed by atoms with Gasteiger partial charge in [-0.25, -0.2) is 4.98 Å². The highest BCUT2D eigenvalue weighted by Gasteiger charge is 2.38. The molecule has 1 amide bonds. The number of hydrogen-bond donors (Lipinski definition) is 1. The molecule has 1 saturated heterocycles. The van der Waals surface area contributed by atoms with Gasteiger partial charge in [-0.15, -0.1) is 11.3 Å². The monoisotopic (exact) mass is 403 g/mol. The third-order valence-corrected chi connectivity index (χ3v) is 6.71. The van der Waals surface area contributed by atoms with E-state index in [-0.39, 0.29) is 17.9 Å². The van der Waals surface area contributed by atoms with Gasteiger partial charge in [0, 0.05) is 26.0 Å². The summed E-state index contributed by atoms with van der Waals surface area (Å²) in [4.78, 5) is 16.0. The highest BCUT2D eigenvalue weighted by Crippen LogP contribution is 2.31. The van der Waals surface area contributed by atoms with E-state index in [2.05, 4.69) is 10.3 Å². The van der Waals surface area contributed by atoms with E-state index in [9.17, 15) is 4.79 Å². The second-order valence-corrected chi connectivity index (χ2v) is 9.13. The van der Waals surface area contributed by atoms with Gasteiger partial charge >= 0.3 is 7.48 Å². The molecule has 2 aromatic rings. The Morgan fingerprint density at radius 1 is 1.29 bits per heavy atom. The van der Waals surface area contributed by atoms with Gasteiger partial charge in [0.25, 0.3) is 0 Å². The Bertz CT molecular complexity index is 852. The zero-order valence-electron chi connectivity index (χ0n) is 17.4. The molecule has 0 bridgehead atoms. The molecule has 1 aliphatic rings. The molecule has 151 valence electrons. The molecule has 2 heterocycles. The molecule has 1 N–H and O–H groups in total. The molecule has 0 spiro atoms. The van der Waals surface area contributed by atoms with Crippen molar-refractivity contribution in [2.45, 2.75) is 58.3 Å². The van der Waals surface area contributed by atoms with Crippen LogP contribution in [-0.4, -0.2) is 49.3 Å². The van der Waals surface area contributed by atoms with Crippen LogP contribution in [0.25, 0.3) is 10.2 Å². The maximum atomic E-state index is 11.5. The third kappa shape index (κ3) is 4.34. The molecule has 1 fully saturated rings. The summed E-state index contributed by atoms with van der Waals surface area (Å²) in [6.45, 7) is 10.7. The van der Waals surface area contributed by atoms with E-state index in [4.69, 9.17) is 14.1 Å². The fourth-order valence-electron chi connectivity index (χ4n) is 2.97. The van der Waals surface area contributed by atoms with Gasteiger partial charge in [0.1, 0.15) is 11.9 Å². The van der Waals surface area contributed by atoms with Crippen molar-refractivity contribution < 1.29 is 18.9 Å². The Morgan fingerprint density at radius 2 is 2.04 bits per heavy atom. The number of carbonyl (C=O) groups excluding carboxylic acids is 1. The quantitative estimate of drug-likeness (QED) is 0.687. The van der Waals surface area contributed by atoms with Crippen molar-refractivity contribution in [3.63, 3.8) is 0 Å². The highest BCUT2D eigenvalue weighted by atomic mass is 32.1. The summed E-state index contributed by atoms with van der Waals surface area (Å²) in [5.41, 5.74) is 2.58. The molecule has 1 aromatic carbocycles. The Hall–Kier alpha value is -1.64. The summed E-state index contributed by atoms with van der Waals surface area (Å²) in [5, 5.41) is 2.87. The summed E-state index contributed by atoms with van der Waals surface area (Å²) in [6.07, 6.45) is 0.423. The lowest BCUT2D eigenvalue weighted by Gasteiger charge is -2.40. The van der Waals surface area contributed by atoms with Gasteiger partial charge in [0.05, 0.1) is 26.9 Å². The second kappa shape index (κ2) is 8.01. The van der Waals surface area contributed by atoms with E-state index in [1.807, 2.05) is 52.3 Å². The van der Waals surface area contributed by atoms with Crippen molar-refractivity contribution in [3.05, 3.63) is 17.6 Å². The minimum atomic E-state index is -0.525. The summed E-state index contributed by atoms with van der Waals surface area (Å²) in [5.74, 6) is 1.02. The van der Waals surface area contributed by atoms with Crippen LogP contribution in [0.3, 0.4) is 0 Å². The maximum Gasteiger partial charge on any atom is 0.331 e. The van der Waals surface area contributed by atoms with E-state index in [0.717, 1.165) is 21.4 Å². The van der Waals surface area contributed by atoms with Gasteiger partial charge in [-0.05, 0) is 52.2 Å². The number of carbonyl (C=O) groups is 1. The number of aromatic nitrogens is 1. The highest BCUT2D eigenvalue weighted by molar-refractivity contribution is 7.17. The fourth-order valence-corrected chi connectivity index (χ4v) is 3.70. The predicted octanol–water partition coefficient (Wildman–Crippen LogP) is 2.66. The standard InChI is InChI=1S/C20H28BN2O4S/c1-12(13-7-17(24)22-10-13)26-16-9-14(8-15-18(16)28-11-23-15)21-27-20(4,5)19(2,3)25-6/h8-9,11-13H,7,10H2,1-6H3,(H,22,24)/t12-,13-/m1/s1. The first kappa shape index (κ1) is 21.1. The lowest BCUT2D eigenvalue weighted by Crippen LogP contribution is -2.50. The average molecular weight is 403 g/mol. The number of amides is 1. The molecule has 3 rings (SSSR count). The molecule has 0 aliphatic carbocycles. The number of methoxy groups -OCH3 is 1. The first-order chi connectivity index (χ1) is 13.1. The number of ether oxygens (including phenoxy) is 2. The first-order valence-electron chi connectivity index (χ1n) is 9.50. The lowest BCUT2D eigenvalue weighted by atomic mass is 9.82. The van der Waals surface area contributed by atoms with Gasteiger partial charge < -0.3 is 19.4 Å². The largest absolute Gasteiger partial charge is 0.489 e. The molecule has 8 heteroatoms. The SMILES string of the molecule is COC(C)(C)C(C)(C)O[B]c1cc(O[C@H](C)[C@H]2CNC(=O)C2)c2scnc2c1. The topological polar surface area (TPSA) is 69.7 Å². The Kier molecular flexibility index (Phi) is 6.03. The van der Waals surface area contributed by atoms with Crippen molar-refractivity contribution in [2.75, 3.05) is 13.7 Å². The number of hydrogen-bond acceptors (Lipinski definition) is 6. The molecule has 1 radical (unpaired) electrons. The molecule has 6 nitrogen and oxygen atoms in total.